The van der Waals surface area contributed by atoms with Crippen molar-refractivity contribution in [3.8, 4) is 0 Å². The van der Waals surface area contributed by atoms with E-state index in [1.54, 1.807) is 13.8 Å². The molecule has 108 valence electrons. The number of anilines is 1. The molecular weight excluding hydrogens is 281 g/mol. The molecule has 4 nitrogen and oxygen atoms in total. The molecule has 0 radical (unpaired) electrons. The molecule has 19 heavy (non-hydrogen) atoms. The van der Waals surface area contributed by atoms with Crippen molar-refractivity contribution in [2.45, 2.75) is 32.9 Å². The van der Waals surface area contributed by atoms with E-state index in [-0.39, 0.29) is 19.6 Å². The Bertz CT molecular complexity index is 432. The van der Waals surface area contributed by atoms with Gasteiger partial charge in [-0.05, 0) is 31.8 Å². The molecule has 1 N–H and O–H groups in total. The van der Waals surface area contributed by atoms with E-state index >= 15 is 0 Å². The predicted molar refractivity (Wildman–Crippen MR) is 66.6 cm³/mol. The molecular formula is C11H15F3N2O2S. The zero-order chi connectivity index (χ0) is 14.5. The molecule has 8 heteroatoms. The first-order valence-corrected chi connectivity index (χ1v) is 6.56. The van der Waals surface area contributed by atoms with Gasteiger partial charge in [0.25, 0.3) is 0 Å². The lowest BCUT2D eigenvalue weighted by atomic mass is 10.2. The quantitative estimate of drug-likeness (QED) is 0.646. The number of halogens is 3. The topological polar surface area (TPSA) is 51.2 Å². The van der Waals surface area contributed by atoms with Crippen molar-refractivity contribution in [2.24, 2.45) is 0 Å². The summed E-state index contributed by atoms with van der Waals surface area (Å²) < 4.78 is 44.8. The number of carbonyl (C=O) groups excluding carboxylic acids is 1. The third-order valence-corrected chi connectivity index (χ3v) is 3.16. The fraction of sp³-hybridized carbons (Fsp3) is 0.636. The third kappa shape index (κ3) is 5.06. The molecule has 0 aliphatic carbocycles. The summed E-state index contributed by atoms with van der Waals surface area (Å²) in [5.74, 6) is -0.507. The van der Waals surface area contributed by atoms with Crippen LogP contribution in [0, 0.1) is 6.92 Å². The maximum atomic E-state index is 12.0. The number of aromatic nitrogens is 1. The molecule has 0 amide bonds. The number of ether oxygens (including phenoxy) is 1. The summed E-state index contributed by atoms with van der Waals surface area (Å²) in [6.45, 7) is 3.71. The Kier molecular flexibility index (Phi) is 5.59. The zero-order valence-electron chi connectivity index (χ0n) is 10.6. The highest BCUT2D eigenvalue weighted by Crippen LogP contribution is 2.26. The molecule has 1 heterocycles. The van der Waals surface area contributed by atoms with Crippen molar-refractivity contribution in [2.75, 3.05) is 18.5 Å². The van der Waals surface area contributed by atoms with Crippen LogP contribution in [0.2, 0.25) is 0 Å². The van der Waals surface area contributed by atoms with Crippen LogP contribution in [-0.2, 0) is 4.74 Å². The number of aryl methyl sites for hydroxylation is 1. The highest BCUT2D eigenvalue weighted by molar-refractivity contribution is 7.10. The Morgan fingerprint density at radius 1 is 1.47 bits per heavy atom. The Morgan fingerprint density at radius 2 is 2.16 bits per heavy atom. The molecule has 1 rings (SSSR count). The van der Waals surface area contributed by atoms with Gasteiger partial charge in [-0.25, -0.2) is 4.79 Å². The fourth-order valence-corrected chi connectivity index (χ4v) is 2.23. The minimum absolute atomic E-state index is 0.0529. The van der Waals surface area contributed by atoms with Gasteiger partial charge in [0.15, 0.2) is 0 Å². The minimum Gasteiger partial charge on any atom is -0.462 e. The van der Waals surface area contributed by atoms with Crippen LogP contribution in [-0.4, -0.2) is 29.7 Å². The van der Waals surface area contributed by atoms with Gasteiger partial charge < -0.3 is 10.1 Å². The number of carbonyl (C=O) groups is 1. The van der Waals surface area contributed by atoms with E-state index in [9.17, 15) is 18.0 Å². The minimum atomic E-state index is -4.16. The smallest absolute Gasteiger partial charge is 0.389 e. The number of nitrogens with zero attached hydrogens (tertiary/aromatic N) is 1. The first-order valence-electron chi connectivity index (χ1n) is 5.79. The number of nitrogens with one attached hydrogen (secondary N) is 1. The monoisotopic (exact) mass is 296 g/mol. The van der Waals surface area contributed by atoms with E-state index in [0.29, 0.717) is 16.3 Å². The molecule has 0 saturated carbocycles. The summed E-state index contributed by atoms with van der Waals surface area (Å²) in [6.07, 6.45) is -5.06. The summed E-state index contributed by atoms with van der Waals surface area (Å²) in [7, 11) is 0. The second-order valence-electron chi connectivity index (χ2n) is 3.84. The van der Waals surface area contributed by atoms with Crippen LogP contribution >= 0.6 is 11.5 Å². The number of rotatable bonds is 6. The van der Waals surface area contributed by atoms with Crippen molar-refractivity contribution in [1.29, 1.82) is 0 Å². The summed E-state index contributed by atoms with van der Waals surface area (Å²) in [4.78, 5) is 11.7. The van der Waals surface area contributed by atoms with Crippen molar-refractivity contribution >= 4 is 22.5 Å². The Hall–Kier alpha value is -1.31. The Labute approximate surface area is 113 Å². The van der Waals surface area contributed by atoms with Gasteiger partial charge >= 0.3 is 12.1 Å². The van der Waals surface area contributed by atoms with E-state index in [4.69, 9.17) is 4.74 Å². The molecule has 1 aromatic rings. The molecule has 0 atom stereocenters. The zero-order valence-corrected chi connectivity index (χ0v) is 11.5. The highest BCUT2D eigenvalue weighted by Gasteiger charge is 2.26. The fourth-order valence-electron chi connectivity index (χ4n) is 1.42. The third-order valence-electron chi connectivity index (χ3n) is 2.26. The molecule has 0 bridgehead atoms. The first-order chi connectivity index (χ1) is 8.85. The van der Waals surface area contributed by atoms with Crippen LogP contribution in [0.3, 0.4) is 0 Å². The standard InChI is InChI=1S/C11H15F3N2O2S/c1-3-18-10(17)8-7(2)16-19-9(8)15-6-4-5-11(12,13)14/h15H,3-6H2,1-2H3. The van der Waals surface area contributed by atoms with E-state index in [1.165, 1.54) is 0 Å². The summed E-state index contributed by atoms with van der Waals surface area (Å²) in [5.41, 5.74) is 0.820. The lowest BCUT2D eigenvalue weighted by molar-refractivity contribution is -0.134. The summed E-state index contributed by atoms with van der Waals surface area (Å²) in [5, 5.41) is 3.26. The van der Waals surface area contributed by atoms with E-state index in [1.807, 2.05) is 0 Å². The summed E-state index contributed by atoms with van der Waals surface area (Å²) in [6, 6.07) is 0. The number of hydrogen-bond donors (Lipinski definition) is 1. The Morgan fingerprint density at radius 3 is 2.74 bits per heavy atom. The summed E-state index contributed by atoms with van der Waals surface area (Å²) >= 11 is 1.05. The molecule has 0 aliphatic heterocycles. The normalized spacial score (nSPS) is 11.4. The van der Waals surface area contributed by atoms with Crippen molar-refractivity contribution in [3.63, 3.8) is 0 Å². The molecule has 0 fully saturated rings. The van der Waals surface area contributed by atoms with Crippen LogP contribution in [0.15, 0.2) is 0 Å². The van der Waals surface area contributed by atoms with Gasteiger partial charge in [0.2, 0.25) is 0 Å². The largest absolute Gasteiger partial charge is 0.462 e. The average Bonchev–Trinajstić information content (AvgIpc) is 2.65. The first kappa shape index (κ1) is 15.7. The van der Waals surface area contributed by atoms with Crippen LogP contribution in [0.1, 0.15) is 35.8 Å². The van der Waals surface area contributed by atoms with Gasteiger partial charge in [0, 0.05) is 13.0 Å². The molecule has 1 aromatic heterocycles. The number of hydrogen-bond acceptors (Lipinski definition) is 5. The molecule has 0 aromatic carbocycles. The average molecular weight is 296 g/mol. The SMILES string of the molecule is CCOC(=O)c1c(C)nsc1NCCCC(F)(F)F. The van der Waals surface area contributed by atoms with Crippen molar-refractivity contribution in [3.05, 3.63) is 11.3 Å². The van der Waals surface area contributed by atoms with Gasteiger partial charge in [-0.2, -0.15) is 17.5 Å². The predicted octanol–water partition coefficient (Wildman–Crippen LogP) is 3.38. The maximum absolute atomic E-state index is 12.0. The molecule has 0 saturated heterocycles. The van der Waals surface area contributed by atoms with Crippen LogP contribution < -0.4 is 5.32 Å². The lowest BCUT2D eigenvalue weighted by Crippen LogP contribution is -2.12. The van der Waals surface area contributed by atoms with Gasteiger partial charge in [-0.3, -0.25) is 0 Å². The second kappa shape index (κ2) is 6.74. The maximum Gasteiger partial charge on any atom is 0.389 e. The van der Waals surface area contributed by atoms with Crippen LogP contribution in [0.5, 0.6) is 0 Å². The van der Waals surface area contributed by atoms with Crippen molar-refractivity contribution in [1.82, 2.24) is 4.37 Å². The number of esters is 1. The van der Waals surface area contributed by atoms with Gasteiger partial charge in [-0.15, -0.1) is 0 Å². The van der Waals surface area contributed by atoms with E-state index in [0.717, 1.165) is 11.5 Å². The van der Waals surface area contributed by atoms with Gasteiger partial charge in [0.1, 0.15) is 10.6 Å². The molecule has 0 spiro atoms. The number of alkyl halides is 3. The van der Waals surface area contributed by atoms with E-state index < -0.39 is 18.6 Å². The van der Waals surface area contributed by atoms with Crippen molar-refractivity contribution < 1.29 is 22.7 Å². The highest BCUT2D eigenvalue weighted by atomic mass is 32.1. The molecule has 0 aliphatic rings. The second-order valence-corrected chi connectivity index (χ2v) is 4.61. The van der Waals surface area contributed by atoms with Gasteiger partial charge in [0.05, 0.1) is 12.3 Å². The van der Waals surface area contributed by atoms with Crippen LogP contribution in [0.4, 0.5) is 18.2 Å². The van der Waals surface area contributed by atoms with E-state index in [2.05, 4.69) is 9.69 Å². The molecule has 0 unspecified atom stereocenters. The van der Waals surface area contributed by atoms with Gasteiger partial charge in [-0.1, -0.05) is 0 Å². The Balaban J connectivity index is 2.57. The van der Waals surface area contributed by atoms with Crippen LogP contribution in [0.25, 0.3) is 0 Å². The lowest BCUT2D eigenvalue weighted by Gasteiger charge is -2.08.